The lowest BCUT2D eigenvalue weighted by atomic mass is 9.95. The van der Waals surface area contributed by atoms with E-state index in [-0.39, 0.29) is 0 Å². The highest BCUT2D eigenvalue weighted by Crippen LogP contribution is 2.43. The number of oxazole rings is 1. The van der Waals surface area contributed by atoms with Gasteiger partial charge in [-0.15, -0.1) is 0 Å². The zero-order valence-corrected chi connectivity index (χ0v) is 29.5. The van der Waals surface area contributed by atoms with E-state index in [0.717, 1.165) is 88.3 Å². The summed E-state index contributed by atoms with van der Waals surface area (Å²) in [6, 6.07) is 62.3. The van der Waals surface area contributed by atoms with Crippen molar-refractivity contribution in [2.75, 3.05) is 4.90 Å². The number of nitrogens with zero attached hydrogens (tertiary/aromatic N) is 2. The van der Waals surface area contributed by atoms with Crippen LogP contribution in [0.15, 0.2) is 185 Å². The Labute approximate surface area is 311 Å². The molecule has 0 amide bonds. The number of hydrogen-bond donors (Lipinski definition) is 0. The number of aromatic nitrogens is 1. The summed E-state index contributed by atoms with van der Waals surface area (Å²) in [6.07, 6.45) is 0. The van der Waals surface area contributed by atoms with E-state index in [0.29, 0.717) is 5.89 Å². The van der Waals surface area contributed by atoms with Crippen molar-refractivity contribution in [1.29, 1.82) is 0 Å². The molecule has 0 unspecified atom stereocenters. The molecule has 11 rings (SSSR count). The second kappa shape index (κ2) is 11.9. The molecule has 0 saturated heterocycles. The number of hydrogen-bond acceptors (Lipinski definition) is 4. The Morgan fingerprint density at radius 2 is 1.19 bits per heavy atom. The molecule has 2 aromatic heterocycles. The number of rotatable bonds is 5. The normalized spacial score (nSPS) is 11.8. The summed E-state index contributed by atoms with van der Waals surface area (Å²) in [6.45, 7) is 2.18. The van der Waals surface area contributed by atoms with Gasteiger partial charge in [0.2, 0.25) is 5.89 Å². The van der Waals surface area contributed by atoms with Gasteiger partial charge in [-0.25, -0.2) is 4.98 Å². The van der Waals surface area contributed by atoms with Gasteiger partial charge in [0.15, 0.2) is 5.58 Å². The third-order valence-electron chi connectivity index (χ3n) is 10.7. The van der Waals surface area contributed by atoms with Crippen LogP contribution < -0.4 is 4.90 Å². The van der Waals surface area contributed by atoms with Crippen molar-refractivity contribution in [2.45, 2.75) is 6.92 Å². The molecule has 0 radical (unpaired) electrons. The largest absolute Gasteiger partial charge is 0.456 e. The minimum Gasteiger partial charge on any atom is -0.456 e. The highest BCUT2D eigenvalue weighted by Gasteiger charge is 2.20. The van der Waals surface area contributed by atoms with E-state index in [4.69, 9.17) is 13.8 Å². The third kappa shape index (κ3) is 4.88. The van der Waals surface area contributed by atoms with Crippen molar-refractivity contribution in [1.82, 2.24) is 4.98 Å². The Morgan fingerprint density at radius 1 is 0.444 bits per heavy atom. The fraction of sp³-hybridized carbons (Fsp3) is 0.0200. The highest BCUT2D eigenvalue weighted by molar-refractivity contribution is 6.18. The summed E-state index contributed by atoms with van der Waals surface area (Å²) in [7, 11) is 0. The molecule has 0 N–H and O–H groups in total. The molecule has 254 valence electrons. The fourth-order valence-electron chi connectivity index (χ4n) is 8.15. The molecule has 0 atom stereocenters. The first-order valence-electron chi connectivity index (χ1n) is 18.3. The minimum absolute atomic E-state index is 0.629. The van der Waals surface area contributed by atoms with Crippen LogP contribution in [-0.4, -0.2) is 4.98 Å². The number of benzene rings is 9. The zero-order chi connectivity index (χ0) is 35.8. The first kappa shape index (κ1) is 30.5. The van der Waals surface area contributed by atoms with Crippen LogP contribution in [-0.2, 0) is 0 Å². The number of para-hydroxylation sites is 1. The number of furan rings is 1. The maximum atomic E-state index is 6.55. The molecule has 54 heavy (non-hydrogen) atoms. The van der Waals surface area contributed by atoms with E-state index in [1.165, 1.54) is 16.3 Å². The predicted molar refractivity (Wildman–Crippen MR) is 224 cm³/mol. The van der Waals surface area contributed by atoms with Crippen LogP contribution in [0.1, 0.15) is 5.56 Å². The Hall–Kier alpha value is -7.17. The van der Waals surface area contributed by atoms with Gasteiger partial charge in [-0.3, -0.25) is 0 Å². The molecule has 0 saturated carbocycles. The average Bonchev–Trinajstić information content (AvgIpc) is 3.83. The van der Waals surface area contributed by atoms with E-state index in [1.54, 1.807) is 0 Å². The monoisotopic (exact) mass is 692 g/mol. The molecule has 0 aliphatic carbocycles. The maximum absolute atomic E-state index is 6.55. The van der Waals surface area contributed by atoms with Crippen LogP contribution in [0.4, 0.5) is 17.1 Å². The molecule has 0 fully saturated rings. The summed E-state index contributed by atoms with van der Waals surface area (Å²) in [5.74, 6) is 0.629. The highest BCUT2D eigenvalue weighted by atomic mass is 16.3. The summed E-state index contributed by atoms with van der Waals surface area (Å²) in [5.41, 5.74) is 11.1. The maximum Gasteiger partial charge on any atom is 0.227 e. The summed E-state index contributed by atoms with van der Waals surface area (Å²) >= 11 is 0. The quantitative estimate of drug-likeness (QED) is 0.168. The van der Waals surface area contributed by atoms with Crippen LogP contribution in [0.5, 0.6) is 0 Å². The van der Waals surface area contributed by atoms with Gasteiger partial charge < -0.3 is 13.7 Å². The summed E-state index contributed by atoms with van der Waals surface area (Å²) in [5, 5.41) is 9.07. The first-order valence-corrected chi connectivity index (χ1v) is 18.3. The standard InChI is InChI=1S/C50H32N2O2/c1-31-26-37(36-21-19-33-18-20-34-22-24-44-49(48(34)42(33)29-36)54-50(51-44)35-11-3-2-4-12-35)28-39(27-31)52(45-16-9-13-32-10-5-6-14-40(32)45)38-23-25-47-43(30-38)41-15-7-8-17-46(41)53-47/h2-30H,1H3. The van der Waals surface area contributed by atoms with Crippen molar-refractivity contribution in [2.24, 2.45) is 0 Å². The molecule has 11 aromatic rings. The Balaban J connectivity index is 1.12. The zero-order valence-electron chi connectivity index (χ0n) is 29.5. The van der Waals surface area contributed by atoms with Gasteiger partial charge in [0.25, 0.3) is 0 Å². The minimum atomic E-state index is 0.629. The number of fused-ring (bicyclic) bond motifs is 9. The van der Waals surface area contributed by atoms with Crippen molar-refractivity contribution in [3.05, 3.63) is 181 Å². The molecule has 4 nitrogen and oxygen atoms in total. The van der Waals surface area contributed by atoms with Crippen molar-refractivity contribution >= 4 is 82.4 Å². The lowest BCUT2D eigenvalue weighted by Gasteiger charge is -2.28. The Morgan fingerprint density at radius 3 is 2.11 bits per heavy atom. The smallest absolute Gasteiger partial charge is 0.227 e. The fourth-order valence-corrected chi connectivity index (χ4v) is 8.15. The van der Waals surface area contributed by atoms with Gasteiger partial charge in [0, 0.05) is 38.5 Å². The predicted octanol–water partition coefficient (Wildman–Crippen LogP) is 14.3. The number of anilines is 3. The van der Waals surface area contributed by atoms with Crippen molar-refractivity contribution in [3.63, 3.8) is 0 Å². The van der Waals surface area contributed by atoms with Crippen LogP contribution in [0, 0.1) is 6.92 Å². The van der Waals surface area contributed by atoms with Gasteiger partial charge >= 0.3 is 0 Å². The van der Waals surface area contributed by atoms with Gasteiger partial charge in [-0.2, -0.15) is 0 Å². The van der Waals surface area contributed by atoms with E-state index in [2.05, 4.69) is 145 Å². The van der Waals surface area contributed by atoms with E-state index in [9.17, 15) is 0 Å². The molecule has 0 spiro atoms. The lowest BCUT2D eigenvalue weighted by Crippen LogP contribution is -2.11. The Kier molecular flexibility index (Phi) is 6.73. The molecular weight excluding hydrogens is 661 g/mol. The SMILES string of the molecule is Cc1cc(-c2ccc3ccc4ccc5nc(-c6ccccc6)oc5c4c3c2)cc(N(c2ccc3oc4ccccc4c3c2)c2cccc3ccccc23)c1. The van der Waals surface area contributed by atoms with Gasteiger partial charge in [0.1, 0.15) is 16.7 Å². The third-order valence-corrected chi connectivity index (χ3v) is 10.7. The van der Waals surface area contributed by atoms with Crippen LogP contribution in [0.25, 0.3) is 87.9 Å². The van der Waals surface area contributed by atoms with Gasteiger partial charge in [-0.05, 0) is 112 Å². The average molecular weight is 693 g/mol. The van der Waals surface area contributed by atoms with Crippen LogP contribution >= 0.6 is 0 Å². The van der Waals surface area contributed by atoms with Crippen LogP contribution in [0.2, 0.25) is 0 Å². The summed E-state index contributed by atoms with van der Waals surface area (Å²) in [4.78, 5) is 7.28. The molecular formula is C50H32N2O2. The van der Waals surface area contributed by atoms with Crippen molar-refractivity contribution < 1.29 is 8.83 Å². The first-order chi connectivity index (χ1) is 26.6. The molecule has 0 aliphatic heterocycles. The van der Waals surface area contributed by atoms with Gasteiger partial charge in [-0.1, -0.05) is 109 Å². The van der Waals surface area contributed by atoms with Gasteiger partial charge in [0.05, 0.1) is 5.69 Å². The second-order valence-corrected chi connectivity index (χ2v) is 14.1. The Bertz CT molecular complexity index is 3240. The van der Waals surface area contributed by atoms with E-state index in [1.807, 2.05) is 42.5 Å². The molecule has 0 bridgehead atoms. The number of aryl methyl sites for hydroxylation is 1. The lowest BCUT2D eigenvalue weighted by molar-refractivity contribution is 0.623. The van der Waals surface area contributed by atoms with E-state index >= 15 is 0 Å². The van der Waals surface area contributed by atoms with Crippen LogP contribution in [0.3, 0.4) is 0 Å². The molecule has 9 aromatic carbocycles. The summed E-state index contributed by atoms with van der Waals surface area (Å²) < 4.78 is 12.8. The molecule has 2 heterocycles. The topological polar surface area (TPSA) is 42.4 Å². The van der Waals surface area contributed by atoms with Crippen molar-refractivity contribution in [3.8, 4) is 22.6 Å². The molecule has 0 aliphatic rings. The molecule has 4 heteroatoms. The van der Waals surface area contributed by atoms with E-state index < -0.39 is 0 Å². The second-order valence-electron chi connectivity index (χ2n) is 14.1.